The molecule has 7 nitrogen and oxygen atoms in total. The molecule has 3 aromatic rings. The number of hydrogen-bond acceptors (Lipinski definition) is 5. The molecule has 0 bridgehead atoms. The number of benzene rings is 2. The van der Waals surface area contributed by atoms with Gasteiger partial charge in [-0.15, -0.1) is 0 Å². The Morgan fingerprint density at radius 2 is 2.10 bits per heavy atom. The number of aromatic nitrogens is 2. The van der Waals surface area contributed by atoms with Crippen molar-refractivity contribution in [3.05, 3.63) is 59.4 Å². The average molecular weight is 409 g/mol. The van der Waals surface area contributed by atoms with E-state index >= 15 is 0 Å². The Morgan fingerprint density at radius 1 is 1.27 bits per heavy atom. The number of aryl methyl sites for hydroxylation is 1. The van der Waals surface area contributed by atoms with Crippen LogP contribution in [-0.4, -0.2) is 58.7 Å². The predicted molar refractivity (Wildman–Crippen MR) is 115 cm³/mol. The van der Waals surface area contributed by atoms with Crippen LogP contribution in [0.15, 0.2) is 42.5 Å². The normalized spacial score (nSPS) is 15.0. The summed E-state index contributed by atoms with van der Waals surface area (Å²) in [5.74, 6) is 1.37. The zero-order valence-electron chi connectivity index (χ0n) is 17.2. The molecule has 0 saturated heterocycles. The number of fused-ring (bicyclic) bond motifs is 2. The van der Waals surface area contributed by atoms with E-state index in [-0.39, 0.29) is 12.5 Å². The van der Waals surface area contributed by atoms with Gasteiger partial charge in [-0.25, -0.2) is 4.98 Å². The second-order valence-electron chi connectivity index (χ2n) is 7.75. The van der Waals surface area contributed by atoms with Gasteiger partial charge in [0.25, 0.3) is 0 Å². The minimum Gasteiger partial charge on any atom is -0.494 e. The lowest BCUT2D eigenvalue weighted by Gasteiger charge is -2.30. The van der Waals surface area contributed by atoms with Crippen molar-refractivity contribution >= 4 is 16.9 Å². The first-order chi connectivity index (χ1) is 14.6. The Kier molecular flexibility index (Phi) is 6.30. The lowest BCUT2D eigenvalue weighted by atomic mass is 10.00. The molecular weight excluding hydrogens is 380 g/mol. The van der Waals surface area contributed by atoms with Crippen LogP contribution in [0.4, 0.5) is 0 Å². The van der Waals surface area contributed by atoms with E-state index in [1.807, 2.05) is 18.2 Å². The van der Waals surface area contributed by atoms with Gasteiger partial charge in [0.1, 0.15) is 17.1 Å². The Morgan fingerprint density at radius 3 is 2.93 bits per heavy atom. The molecule has 0 spiro atoms. The molecule has 1 aliphatic rings. The molecule has 0 saturated carbocycles. The third kappa shape index (κ3) is 4.80. The number of carbonyl (C=O) groups is 1. The summed E-state index contributed by atoms with van der Waals surface area (Å²) < 4.78 is 5.32. The van der Waals surface area contributed by atoms with Gasteiger partial charge in [-0.3, -0.25) is 9.69 Å². The van der Waals surface area contributed by atoms with Gasteiger partial charge in [0.2, 0.25) is 5.91 Å². The third-order valence-corrected chi connectivity index (χ3v) is 5.55. The third-order valence-electron chi connectivity index (χ3n) is 5.55. The van der Waals surface area contributed by atoms with Crippen molar-refractivity contribution in [2.45, 2.75) is 31.9 Å². The number of ether oxygens (including phenoxy) is 1. The van der Waals surface area contributed by atoms with E-state index in [2.05, 4.69) is 44.5 Å². The van der Waals surface area contributed by atoms with Crippen LogP contribution in [-0.2, 0) is 24.2 Å². The number of H-pyrrole nitrogens is 1. The summed E-state index contributed by atoms with van der Waals surface area (Å²) in [5, 5.41) is 13.2. The first kappa shape index (κ1) is 20.4. The molecule has 2 aromatic carbocycles. The molecule has 0 aliphatic carbocycles. The quantitative estimate of drug-likeness (QED) is 0.531. The van der Waals surface area contributed by atoms with Crippen LogP contribution in [0, 0.1) is 0 Å². The van der Waals surface area contributed by atoms with Gasteiger partial charge in [-0.1, -0.05) is 30.3 Å². The van der Waals surface area contributed by atoms with Crippen molar-refractivity contribution in [2.24, 2.45) is 0 Å². The van der Waals surface area contributed by atoms with Crippen molar-refractivity contribution in [2.75, 3.05) is 26.7 Å². The maximum atomic E-state index is 12.2. The molecule has 0 radical (unpaired) electrons. The molecule has 158 valence electrons. The summed E-state index contributed by atoms with van der Waals surface area (Å²) in [6.45, 7) is 2.58. The van der Waals surface area contributed by atoms with E-state index in [9.17, 15) is 9.90 Å². The van der Waals surface area contributed by atoms with Gasteiger partial charge in [0.15, 0.2) is 0 Å². The van der Waals surface area contributed by atoms with E-state index in [0.29, 0.717) is 25.1 Å². The van der Waals surface area contributed by atoms with Crippen LogP contribution in [0.1, 0.15) is 23.4 Å². The van der Waals surface area contributed by atoms with Crippen LogP contribution in [0.3, 0.4) is 0 Å². The van der Waals surface area contributed by atoms with E-state index in [1.54, 1.807) is 7.11 Å². The number of para-hydroxylation sites is 1. The van der Waals surface area contributed by atoms with Crippen LogP contribution in [0.25, 0.3) is 11.0 Å². The second kappa shape index (κ2) is 9.28. The number of hydrogen-bond donors (Lipinski definition) is 3. The number of aromatic amines is 1. The van der Waals surface area contributed by atoms with Crippen molar-refractivity contribution < 1.29 is 14.6 Å². The fraction of sp³-hybridized carbons (Fsp3) is 0.391. The number of carbonyl (C=O) groups excluding carboxylic acids is 1. The van der Waals surface area contributed by atoms with Gasteiger partial charge < -0.3 is 20.1 Å². The number of aliphatic hydroxyl groups excluding tert-OH is 1. The van der Waals surface area contributed by atoms with Gasteiger partial charge in [0.05, 0.1) is 18.7 Å². The molecule has 1 amide bonds. The van der Waals surface area contributed by atoms with Crippen molar-refractivity contribution in [1.29, 1.82) is 0 Å². The highest BCUT2D eigenvalue weighted by molar-refractivity contribution is 5.82. The van der Waals surface area contributed by atoms with Gasteiger partial charge in [-0.05, 0) is 29.7 Å². The second-order valence-corrected chi connectivity index (χ2v) is 7.75. The first-order valence-corrected chi connectivity index (χ1v) is 10.4. The standard InChI is InChI=1S/C23H28N4O3/c1-30-20-8-4-7-19-23(20)26-21(25-19)9-10-22(29)24-13-18(28)15-27-12-11-16-5-2-3-6-17(16)14-27/h2-8,18,28H,9-15H2,1H3,(H,24,29)(H,25,26). The maximum Gasteiger partial charge on any atom is 0.220 e. The van der Waals surface area contributed by atoms with Crippen molar-refractivity contribution in [3.63, 3.8) is 0 Å². The topological polar surface area (TPSA) is 90.5 Å². The monoisotopic (exact) mass is 408 g/mol. The number of rotatable bonds is 8. The zero-order valence-corrected chi connectivity index (χ0v) is 17.2. The Labute approximate surface area is 176 Å². The molecule has 0 fully saturated rings. The van der Waals surface area contributed by atoms with Crippen LogP contribution >= 0.6 is 0 Å². The summed E-state index contributed by atoms with van der Waals surface area (Å²) in [4.78, 5) is 22.2. The molecule has 1 aromatic heterocycles. The Bertz CT molecular complexity index is 1020. The van der Waals surface area contributed by atoms with Crippen molar-refractivity contribution in [1.82, 2.24) is 20.2 Å². The largest absolute Gasteiger partial charge is 0.494 e. The fourth-order valence-corrected chi connectivity index (χ4v) is 3.96. The minimum atomic E-state index is -0.588. The van der Waals surface area contributed by atoms with E-state index in [0.717, 1.165) is 36.4 Å². The van der Waals surface area contributed by atoms with Crippen molar-refractivity contribution in [3.8, 4) is 5.75 Å². The molecule has 7 heteroatoms. The lowest BCUT2D eigenvalue weighted by Crippen LogP contribution is -2.42. The molecule has 1 aliphatic heterocycles. The van der Waals surface area contributed by atoms with E-state index in [1.165, 1.54) is 11.1 Å². The summed E-state index contributed by atoms with van der Waals surface area (Å²) in [6, 6.07) is 14.1. The molecule has 2 heterocycles. The van der Waals surface area contributed by atoms with Gasteiger partial charge >= 0.3 is 0 Å². The Balaban J connectivity index is 1.21. The molecular formula is C23H28N4O3. The number of β-amino-alcohol motifs (C(OH)–C–C–N with tert-alkyl or cyclic N) is 1. The Hall–Kier alpha value is -2.90. The summed E-state index contributed by atoms with van der Waals surface area (Å²) >= 11 is 0. The first-order valence-electron chi connectivity index (χ1n) is 10.4. The highest BCUT2D eigenvalue weighted by Crippen LogP contribution is 2.23. The summed E-state index contributed by atoms with van der Waals surface area (Å²) in [7, 11) is 1.62. The fourth-order valence-electron chi connectivity index (χ4n) is 3.96. The lowest BCUT2D eigenvalue weighted by molar-refractivity contribution is -0.121. The maximum absolute atomic E-state index is 12.2. The zero-order chi connectivity index (χ0) is 20.9. The number of amides is 1. The van der Waals surface area contributed by atoms with Gasteiger partial charge in [-0.2, -0.15) is 0 Å². The number of nitrogens with one attached hydrogen (secondary N) is 2. The number of imidazole rings is 1. The summed E-state index contributed by atoms with van der Waals surface area (Å²) in [6.07, 6.45) is 1.22. The van der Waals surface area contributed by atoms with Gasteiger partial charge in [0, 0.05) is 39.0 Å². The SMILES string of the molecule is COc1cccc2[nH]c(CCC(=O)NCC(O)CN3CCc4ccccc4C3)nc12. The van der Waals surface area contributed by atoms with Crippen LogP contribution in [0.5, 0.6) is 5.75 Å². The highest BCUT2D eigenvalue weighted by atomic mass is 16.5. The molecule has 30 heavy (non-hydrogen) atoms. The molecule has 1 atom stereocenters. The van der Waals surface area contributed by atoms with E-state index < -0.39 is 6.10 Å². The number of aliphatic hydroxyl groups is 1. The molecule has 4 rings (SSSR count). The number of nitrogens with zero attached hydrogens (tertiary/aromatic N) is 2. The van der Waals surface area contributed by atoms with Crippen LogP contribution in [0.2, 0.25) is 0 Å². The van der Waals surface area contributed by atoms with E-state index in [4.69, 9.17) is 4.74 Å². The highest BCUT2D eigenvalue weighted by Gasteiger charge is 2.19. The summed E-state index contributed by atoms with van der Waals surface area (Å²) in [5.41, 5.74) is 4.37. The predicted octanol–water partition coefficient (Wildman–Crippen LogP) is 2.04. The average Bonchev–Trinajstić information content (AvgIpc) is 3.19. The van der Waals surface area contributed by atoms with Crippen LogP contribution < -0.4 is 10.1 Å². The number of methoxy groups -OCH3 is 1. The smallest absolute Gasteiger partial charge is 0.220 e. The minimum absolute atomic E-state index is 0.0922. The molecule has 3 N–H and O–H groups in total. The molecule has 1 unspecified atom stereocenters.